The first kappa shape index (κ1) is 23.9. The molecule has 32 heavy (non-hydrogen) atoms. The maximum atomic E-state index is 13.0. The second-order valence-corrected chi connectivity index (χ2v) is 8.72. The second-order valence-electron chi connectivity index (χ2n) is 6.54. The van der Waals surface area contributed by atoms with Gasteiger partial charge in [0.1, 0.15) is 6.61 Å². The number of amides is 1. The molecule has 9 heteroatoms. The third kappa shape index (κ3) is 5.33. The van der Waals surface area contributed by atoms with Crippen LogP contribution in [0.3, 0.4) is 0 Å². The van der Waals surface area contributed by atoms with Crippen LogP contribution in [0.1, 0.15) is 22.8 Å². The fourth-order valence-electron chi connectivity index (χ4n) is 2.95. The Morgan fingerprint density at radius 2 is 2.12 bits per heavy atom. The van der Waals surface area contributed by atoms with Gasteiger partial charge in [-0.2, -0.15) is 0 Å². The zero-order valence-electron chi connectivity index (χ0n) is 17.5. The SMILES string of the molecule is C=CCOc1c(I)cc(/C=C2\SC(=Nc3cccc(C(=O)O)c3)N(CC)C2=O)cc1OC. The van der Waals surface area contributed by atoms with Gasteiger partial charge in [0.15, 0.2) is 16.7 Å². The van der Waals surface area contributed by atoms with E-state index in [-0.39, 0.29) is 11.5 Å². The average molecular weight is 564 g/mol. The summed E-state index contributed by atoms with van der Waals surface area (Å²) in [5.74, 6) is -0.00475. The number of aromatic carboxylic acids is 1. The van der Waals surface area contributed by atoms with Gasteiger partial charge in [0, 0.05) is 6.54 Å². The zero-order valence-corrected chi connectivity index (χ0v) is 20.5. The molecule has 3 rings (SSSR count). The number of hydrogen-bond donors (Lipinski definition) is 1. The first-order chi connectivity index (χ1) is 15.4. The minimum atomic E-state index is -1.03. The number of amidine groups is 1. The summed E-state index contributed by atoms with van der Waals surface area (Å²) in [6, 6.07) is 10.0. The molecule has 0 unspecified atom stereocenters. The average Bonchev–Trinajstić information content (AvgIpc) is 3.06. The Bertz CT molecular complexity index is 1130. The number of hydrogen-bond acceptors (Lipinski definition) is 6. The molecule has 1 amide bonds. The van der Waals surface area contributed by atoms with E-state index in [2.05, 4.69) is 34.2 Å². The number of benzene rings is 2. The lowest BCUT2D eigenvalue weighted by molar-refractivity contribution is -0.122. The van der Waals surface area contributed by atoms with E-state index in [9.17, 15) is 14.7 Å². The molecule has 1 aliphatic heterocycles. The summed E-state index contributed by atoms with van der Waals surface area (Å²) in [4.78, 5) is 30.8. The van der Waals surface area contributed by atoms with Gasteiger partial charge < -0.3 is 14.6 Å². The standard InChI is InChI=1S/C23H21IN2O5S/c1-4-9-31-20-17(24)10-14(11-18(20)30-3)12-19-21(27)26(5-2)23(32-19)25-16-8-6-7-15(13-16)22(28)29/h4,6-8,10-13H,1,5,9H2,2-3H3,(H,28,29)/b19-12-,25-23?. The van der Waals surface area contributed by atoms with Crippen molar-refractivity contribution in [2.24, 2.45) is 4.99 Å². The van der Waals surface area contributed by atoms with Gasteiger partial charge in [0.05, 0.1) is 26.8 Å². The molecule has 0 atom stereocenters. The predicted octanol–water partition coefficient (Wildman–Crippen LogP) is 5.19. The van der Waals surface area contributed by atoms with Gasteiger partial charge >= 0.3 is 5.97 Å². The van der Waals surface area contributed by atoms with Crippen molar-refractivity contribution < 1.29 is 24.2 Å². The van der Waals surface area contributed by atoms with Crippen molar-refractivity contribution in [3.05, 3.63) is 68.7 Å². The lowest BCUT2D eigenvalue weighted by Crippen LogP contribution is -2.28. The van der Waals surface area contributed by atoms with Crippen LogP contribution in [-0.2, 0) is 4.79 Å². The first-order valence-electron chi connectivity index (χ1n) is 9.62. The van der Waals surface area contributed by atoms with E-state index >= 15 is 0 Å². The number of likely N-dealkylation sites (N-methyl/N-ethyl adjacent to an activating group) is 1. The Morgan fingerprint density at radius 1 is 1.34 bits per heavy atom. The molecule has 1 aliphatic rings. The summed E-state index contributed by atoms with van der Waals surface area (Å²) in [7, 11) is 1.56. The van der Waals surface area contributed by atoms with Crippen molar-refractivity contribution >= 4 is 63.2 Å². The van der Waals surface area contributed by atoms with Gasteiger partial charge in [-0.15, -0.1) is 0 Å². The van der Waals surface area contributed by atoms with Gasteiger partial charge in [-0.1, -0.05) is 18.7 Å². The van der Waals surface area contributed by atoms with E-state index in [0.717, 1.165) is 9.13 Å². The van der Waals surface area contributed by atoms with Gasteiger partial charge in [0.2, 0.25) is 0 Å². The molecule has 7 nitrogen and oxygen atoms in total. The topological polar surface area (TPSA) is 88.4 Å². The number of methoxy groups -OCH3 is 1. The molecule has 0 aliphatic carbocycles. The summed E-state index contributed by atoms with van der Waals surface area (Å²) in [6.45, 7) is 6.32. The Hall–Kier alpha value is -2.79. The Kier molecular flexibility index (Phi) is 7.97. The number of carbonyl (C=O) groups is 2. The number of carbonyl (C=O) groups excluding carboxylic acids is 1. The molecule has 2 aromatic rings. The molecule has 1 heterocycles. The molecule has 0 saturated carbocycles. The van der Waals surface area contributed by atoms with Crippen molar-refractivity contribution in [1.29, 1.82) is 0 Å². The maximum absolute atomic E-state index is 13.0. The van der Waals surface area contributed by atoms with E-state index in [0.29, 0.717) is 40.4 Å². The fraction of sp³-hybridized carbons (Fsp3) is 0.174. The van der Waals surface area contributed by atoms with E-state index < -0.39 is 5.97 Å². The van der Waals surface area contributed by atoms with E-state index in [1.54, 1.807) is 36.3 Å². The van der Waals surface area contributed by atoms with Crippen molar-refractivity contribution in [1.82, 2.24) is 4.90 Å². The minimum absolute atomic E-state index is 0.139. The summed E-state index contributed by atoms with van der Waals surface area (Å²) in [5, 5.41) is 9.70. The molecule has 0 aromatic heterocycles. The largest absolute Gasteiger partial charge is 0.493 e. The molecular weight excluding hydrogens is 543 g/mol. The zero-order chi connectivity index (χ0) is 23.3. The molecule has 0 spiro atoms. The highest BCUT2D eigenvalue weighted by molar-refractivity contribution is 14.1. The third-order valence-corrected chi connectivity index (χ3v) is 6.23. The molecule has 0 bridgehead atoms. The minimum Gasteiger partial charge on any atom is -0.493 e. The molecule has 1 N–H and O–H groups in total. The van der Waals surface area contributed by atoms with Gasteiger partial charge in [-0.25, -0.2) is 9.79 Å². The predicted molar refractivity (Wildman–Crippen MR) is 135 cm³/mol. The van der Waals surface area contributed by atoms with Crippen molar-refractivity contribution in [2.75, 3.05) is 20.3 Å². The van der Waals surface area contributed by atoms with Gasteiger partial charge in [0.25, 0.3) is 5.91 Å². The van der Waals surface area contributed by atoms with Crippen LogP contribution in [-0.4, -0.2) is 47.3 Å². The van der Waals surface area contributed by atoms with E-state index in [1.807, 2.05) is 19.1 Å². The maximum Gasteiger partial charge on any atom is 0.335 e. The highest BCUT2D eigenvalue weighted by Crippen LogP contribution is 2.38. The highest BCUT2D eigenvalue weighted by Gasteiger charge is 2.32. The number of nitrogens with zero attached hydrogens (tertiary/aromatic N) is 2. The lowest BCUT2D eigenvalue weighted by atomic mass is 10.2. The quantitative estimate of drug-likeness (QED) is 0.270. The monoisotopic (exact) mass is 564 g/mol. The fourth-order valence-corrected chi connectivity index (χ4v) is 4.79. The van der Waals surface area contributed by atoms with Crippen molar-refractivity contribution in [3.8, 4) is 11.5 Å². The number of rotatable bonds is 8. The van der Waals surface area contributed by atoms with Crippen molar-refractivity contribution in [2.45, 2.75) is 6.92 Å². The first-order valence-corrected chi connectivity index (χ1v) is 11.5. The summed E-state index contributed by atoms with van der Waals surface area (Å²) in [6.07, 6.45) is 3.44. The number of aliphatic imine (C=N–C) groups is 1. The van der Waals surface area contributed by atoms with Crippen LogP contribution in [0, 0.1) is 3.57 Å². The number of halogens is 1. The number of carboxylic acids is 1. The molecule has 1 saturated heterocycles. The lowest BCUT2D eigenvalue weighted by Gasteiger charge is -2.13. The van der Waals surface area contributed by atoms with Crippen molar-refractivity contribution in [3.63, 3.8) is 0 Å². The van der Waals surface area contributed by atoms with Crippen LogP contribution in [0.15, 0.2) is 59.0 Å². The number of ether oxygens (including phenoxy) is 2. The molecular formula is C23H21IN2O5S. The second kappa shape index (κ2) is 10.7. The van der Waals surface area contributed by atoms with E-state index in [4.69, 9.17) is 9.47 Å². The normalized spacial score (nSPS) is 16.0. The summed E-state index contributed by atoms with van der Waals surface area (Å²) in [5.41, 5.74) is 1.40. The van der Waals surface area contributed by atoms with Gasteiger partial charge in [-0.3, -0.25) is 9.69 Å². The van der Waals surface area contributed by atoms with Crippen LogP contribution in [0.4, 0.5) is 5.69 Å². The Balaban J connectivity index is 1.95. The molecule has 166 valence electrons. The Morgan fingerprint density at radius 3 is 2.78 bits per heavy atom. The smallest absolute Gasteiger partial charge is 0.335 e. The summed E-state index contributed by atoms with van der Waals surface area (Å²) < 4.78 is 12.0. The Labute approximate surface area is 204 Å². The summed E-state index contributed by atoms with van der Waals surface area (Å²) >= 11 is 3.41. The third-order valence-electron chi connectivity index (χ3n) is 4.42. The molecule has 0 radical (unpaired) electrons. The number of carboxylic acid groups (broad SMARTS) is 1. The van der Waals surface area contributed by atoms with Crippen LogP contribution in [0.2, 0.25) is 0 Å². The molecule has 2 aromatic carbocycles. The number of thioether (sulfide) groups is 1. The van der Waals surface area contributed by atoms with Crippen LogP contribution >= 0.6 is 34.4 Å². The molecule has 1 fully saturated rings. The highest BCUT2D eigenvalue weighted by atomic mass is 127. The van der Waals surface area contributed by atoms with Crippen LogP contribution < -0.4 is 9.47 Å². The van der Waals surface area contributed by atoms with Gasteiger partial charge in [-0.05, 0) is 83.2 Å². The van der Waals surface area contributed by atoms with Crippen LogP contribution in [0.5, 0.6) is 11.5 Å². The van der Waals surface area contributed by atoms with E-state index in [1.165, 1.54) is 23.9 Å². The van der Waals surface area contributed by atoms with Crippen LogP contribution in [0.25, 0.3) is 6.08 Å².